The van der Waals surface area contributed by atoms with E-state index in [0.29, 0.717) is 10.7 Å². The standard InChI is InChI=1S/C21H34N4OS/c1-3-22-20(23-15-18(2)16-25-11-13-26-14-12-25)24-17-21(9-10-21)27-19-7-5-4-6-8-19/h4-8,18H,3,9-17H2,1-2H3,(H2,22,23,24). The summed E-state index contributed by atoms with van der Waals surface area (Å²) < 4.78 is 5.73. The Balaban J connectivity index is 1.46. The van der Waals surface area contributed by atoms with E-state index in [4.69, 9.17) is 9.73 Å². The highest BCUT2D eigenvalue weighted by atomic mass is 32.2. The van der Waals surface area contributed by atoms with Crippen LogP contribution in [0.25, 0.3) is 0 Å². The molecule has 1 aliphatic heterocycles. The van der Waals surface area contributed by atoms with E-state index in [-0.39, 0.29) is 0 Å². The predicted octanol–water partition coefficient (Wildman–Crippen LogP) is 2.83. The number of nitrogens with zero attached hydrogens (tertiary/aromatic N) is 2. The molecule has 2 fully saturated rings. The van der Waals surface area contributed by atoms with Gasteiger partial charge in [-0.1, -0.05) is 25.1 Å². The molecule has 1 saturated carbocycles. The zero-order valence-corrected chi connectivity index (χ0v) is 17.6. The number of guanidine groups is 1. The Morgan fingerprint density at radius 1 is 1.22 bits per heavy atom. The summed E-state index contributed by atoms with van der Waals surface area (Å²) in [6.45, 7) is 12.1. The van der Waals surface area contributed by atoms with Gasteiger partial charge in [-0.15, -0.1) is 11.8 Å². The first-order chi connectivity index (χ1) is 13.2. The lowest BCUT2D eigenvalue weighted by atomic mass is 10.1. The van der Waals surface area contributed by atoms with Crippen molar-refractivity contribution >= 4 is 17.7 Å². The summed E-state index contributed by atoms with van der Waals surface area (Å²) in [6.07, 6.45) is 2.51. The quantitative estimate of drug-likeness (QED) is 0.502. The van der Waals surface area contributed by atoms with Crippen molar-refractivity contribution in [1.29, 1.82) is 0 Å². The summed E-state index contributed by atoms with van der Waals surface area (Å²) in [6, 6.07) is 10.7. The number of thioether (sulfide) groups is 1. The van der Waals surface area contributed by atoms with Crippen molar-refractivity contribution in [3.8, 4) is 0 Å². The average molecular weight is 391 g/mol. The van der Waals surface area contributed by atoms with Crippen LogP contribution in [0.2, 0.25) is 0 Å². The SMILES string of the molecule is CCNC(=NCC1(Sc2ccccc2)CC1)NCC(C)CN1CCOCC1. The van der Waals surface area contributed by atoms with Gasteiger partial charge < -0.3 is 15.4 Å². The summed E-state index contributed by atoms with van der Waals surface area (Å²) in [4.78, 5) is 8.75. The summed E-state index contributed by atoms with van der Waals surface area (Å²) in [5, 5.41) is 6.95. The van der Waals surface area contributed by atoms with Gasteiger partial charge in [0.2, 0.25) is 0 Å². The van der Waals surface area contributed by atoms with Gasteiger partial charge in [0.1, 0.15) is 0 Å². The van der Waals surface area contributed by atoms with Crippen molar-refractivity contribution in [2.45, 2.75) is 36.3 Å². The van der Waals surface area contributed by atoms with Crippen molar-refractivity contribution in [1.82, 2.24) is 15.5 Å². The number of aliphatic imine (C=N–C) groups is 1. The molecule has 27 heavy (non-hydrogen) atoms. The molecule has 3 rings (SSSR count). The van der Waals surface area contributed by atoms with Gasteiger partial charge in [-0.25, -0.2) is 0 Å². The molecular weight excluding hydrogens is 356 g/mol. The van der Waals surface area contributed by atoms with Crippen LogP contribution in [0.5, 0.6) is 0 Å². The number of hydrogen-bond donors (Lipinski definition) is 2. The zero-order chi connectivity index (χ0) is 19.0. The summed E-state index contributed by atoms with van der Waals surface area (Å²) in [5.41, 5.74) is 0. The molecule has 0 bridgehead atoms. The molecule has 1 saturated heterocycles. The molecule has 6 heteroatoms. The second-order valence-electron chi connectivity index (χ2n) is 7.69. The highest BCUT2D eigenvalue weighted by Crippen LogP contribution is 2.51. The lowest BCUT2D eigenvalue weighted by molar-refractivity contribution is 0.0320. The first kappa shape index (κ1) is 20.5. The average Bonchev–Trinajstić information content (AvgIpc) is 3.45. The fraction of sp³-hybridized carbons (Fsp3) is 0.667. The topological polar surface area (TPSA) is 48.9 Å². The maximum atomic E-state index is 5.44. The number of benzene rings is 1. The van der Waals surface area contributed by atoms with Gasteiger partial charge in [0, 0.05) is 42.4 Å². The van der Waals surface area contributed by atoms with E-state index >= 15 is 0 Å². The Bertz CT molecular complexity index is 585. The maximum absolute atomic E-state index is 5.44. The molecule has 1 aromatic rings. The van der Waals surface area contributed by atoms with E-state index in [9.17, 15) is 0 Å². The lowest BCUT2D eigenvalue weighted by Gasteiger charge is -2.29. The van der Waals surface area contributed by atoms with Crippen molar-refractivity contribution < 1.29 is 4.74 Å². The van der Waals surface area contributed by atoms with Gasteiger partial charge in [-0.2, -0.15) is 0 Å². The van der Waals surface area contributed by atoms with Crippen molar-refractivity contribution in [3.63, 3.8) is 0 Å². The van der Waals surface area contributed by atoms with Crippen LogP contribution in [0.1, 0.15) is 26.7 Å². The molecule has 2 aliphatic rings. The molecule has 0 radical (unpaired) electrons. The van der Waals surface area contributed by atoms with Gasteiger partial charge in [0.25, 0.3) is 0 Å². The minimum absolute atomic E-state index is 0.295. The van der Waals surface area contributed by atoms with Gasteiger partial charge in [0.05, 0.1) is 19.8 Å². The Morgan fingerprint density at radius 3 is 2.63 bits per heavy atom. The van der Waals surface area contributed by atoms with E-state index in [1.165, 1.54) is 17.7 Å². The molecule has 1 aromatic carbocycles. The minimum atomic E-state index is 0.295. The number of hydrogen-bond acceptors (Lipinski definition) is 4. The first-order valence-corrected chi connectivity index (χ1v) is 11.1. The van der Waals surface area contributed by atoms with E-state index in [1.807, 2.05) is 11.8 Å². The number of ether oxygens (including phenoxy) is 1. The van der Waals surface area contributed by atoms with E-state index < -0.39 is 0 Å². The van der Waals surface area contributed by atoms with Crippen LogP contribution in [-0.2, 0) is 4.74 Å². The lowest BCUT2D eigenvalue weighted by Crippen LogP contribution is -2.44. The molecule has 0 amide bonds. The third-order valence-corrected chi connectivity index (χ3v) is 6.52. The van der Waals surface area contributed by atoms with Crippen molar-refractivity contribution in [2.75, 3.05) is 52.5 Å². The molecule has 5 nitrogen and oxygen atoms in total. The Hall–Kier alpha value is -1.24. The predicted molar refractivity (Wildman–Crippen MR) is 115 cm³/mol. The van der Waals surface area contributed by atoms with Crippen LogP contribution in [0.15, 0.2) is 40.2 Å². The van der Waals surface area contributed by atoms with Crippen LogP contribution in [-0.4, -0.2) is 68.1 Å². The van der Waals surface area contributed by atoms with Gasteiger partial charge in [-0.05, 0) is 37.8 Å². The van der Waals surface area contributed by atoms with Gasteiger partial charge in [-0.3, -0.25) is 9.89 Å². The van der Waals surface area contributed by atoms with Crippen molar-refractivity contribution in [3.05, 3.63) is 30.3 Å². The van der Waals surface area contributed by atoms with E-state index in [1.54, 1.807) is 0 Å². The maximum Gasteiger partial charge on any atom is 0.191 e. The molecule has 2 N–H and O–H groups in total. The Kier molecular flexibility index (Phi) is 7.85. The third kappa shape index (κ3) is 7.01. The molecular formula is C21H34N4OS. The Labute approximate surface area is 168 Å². The molecule has 1 heterocycles. The molecule has 1 atom stereocenters. The Morgan fingerprint density at radius 2 is 1.96 bits per heavy atom. The highest BCUT2D eigenvalue weighted by molar-refractivity contribution is 8.01. The number of morpholine rings is 1. The molecule has 0 spiro atoms. The molecule has 0 aromatic heterocycles. The summed E-state index contributed by atoms with van der Waals surface area (Å²) >= 11 is 1.98. The number of rotatable bonds is 9. The number of nitrogens with one attached hydrogen (secondary N) is 2. The largest absolute Gasteiger partial charge is 0.379 e. The zero-order valence-electron chi connectivity index (χ0n) is 16.7. The molecule has 1 unspecified atom stereocenters. The summed E-state index contributed by atoms with van der Waals surface area (Å²) in [7, 11) is 0. The van der Waals surface area contributed by atoms with Crippen LogP contribution in [0.3, 0.4) is 0 Å². The van der Waals surface area contributed by atoms with Crippen LogP contribution >= 0.6 is 11.8 Å². The van der Waals surface area contributed by atoms with E-state index in [2.05, 4.69) is 59.7 Å². The van der Waals surface area contributed by atoms with Crippen LogP contribution < -0.4 is 10.6 Å². The fourth-order valence-corrected chi connectivity index (χ4v) is 4.52. The monoisotopic (exact) mass is 390 g/mol. The van der Waals surface area contributed by atoms with Crippen LogP contribution in [0, 0.1) is 5.92 Å². The van der Waals surface area contributed by atoms with Crippen LogP contribution in [0.4, 0.5) is 0 Å². The summed E-state index contributed by atoms with van der Waals surface area (Å²) in [5.74, 6) is 1.53. The van der Waals surface area contributed by atoms with Gasteiger partial charge in [0.15, 0.2) is 5.96 Å². The second kappa shape index (κ2) is 10.3. The normalized spacial score (nSPS) is 20.9. The van der Waals surface area contributed by atoms with Gasteiger partial charge >= 0.3 is 0 Å². The molecule has 1 aliphatic carbocycles. The second-order valence-corrected chi connectivity index (χ2v) is 9.23. The molecule has 150 valence electrons. The van der Waals surface area contributed by atoms with E-state index in [0.717, 1.165) is 58.4 Å². The highest BCUT2D eigenvalue weighted by Gasteiger charge is 2.43. The first-order valence-electron chi connectivity index (χ1n) is 10.3. The fourth-order valence-electron chi connectivity index (χ4n) is 3.30. The van der Waals surface area contributed by atoms with Crippen molar-refractivity contribution in [2.24, 2.45) is 10.9 Å². The minimum Gasteiger partial charge on any atom is -0.379 e. The smallest absolute Gasteiger partial charge is 0.191 e. The third-order valence-electron chi connectivity index (χ3n) is 5.05.